The summed E-state index contributed by atoms with van der Waals surface area (Å²) >= 11 is 6.10. The molecule has 33 heavy (non-hydrogen) atoms. The first-order valence-electron chi connectivity index (χ1n) is 10.1. The number of nitrogens with one attached hydrogen (secondary N) is 2. The third-order valence-electron chi connectivity index (χ3n) is 4.58. The first-order chi connectivity index (χ1) is 16.0. The fraction of sp³-hybridized carbons (Fsp3) is 0.174. The van der Waals surface area contributed by atoms with E-state index in [1.165, 1.54) is 6.21 Å². The van der Waals surface area contributed by atoms with Gasteiger partial charge in [-0.3, -0.25) is 4.79 Å². The third kappa shape index (κ3) is 5.45. The lowest BCUT2D eigenvalue weighted by molar-refractivity contribution is -0.119. The number of rotatable bonds is 8. The molecule has 0 aliphatic carbocycles. The van der Waals surface area contributed by atoms with Gasteiger partial charge in [0.25, 0.3) is 5.91 Å². The van der Waals surface area contributed by atoms with Crippen molar-refractivity contribution in [2.75, 3.05) is 25.3 Å². The second kappa shape index (κ2) is 10.1. The van der Waals surface area contributed by atoms with E-state index in [4.69, 9.17) is 30.2 Å². The lowest BCUT2D eigenvalue weighted by Gasteiger charge is -2.06. The van der Waals surface area contributed by atoms with Gasteiger partial charge in [0.15, 0.2) is 11.5 Å². The van der Waals surface area contributed by atoms with E-state index in [9.17, 15) is 9.59 Å². The van der Waals surface area contributed by atoms with Crippen LogP contribution in [0.4, 0.5) is 5.69 Å². The number of nitrogens with zero attached hydrogens (tertiary/aromatic N) is 1. The molecule has 170 valence electrons. The number of halogens is 1. The first-order valence-corrected chi connectivity index (χ1v) is 10.4. The highest BCUT2D eigenvalue weighted by Gasteiger charge is 2.15. The maximum absolute atomic E-state index is 12.0. The number of fused-ring (bicyclic) bond motifs is 1. The Morgan fingerprint density at radius 1 is 1.12 bits per heavy atom. The number of ether oxygens (including phenoxy) is 3. The third-order valence-corrected chi connectivity index (χ3v) is 4.91. The molecule has 0 unspecified atom stereocenters. The molecule has 0 radical (unpaired) electrons. The van der Waals surface area contributed by atoms with Crippen LogP contribution in [-0.2, 0) is 9.53 Å². The van der Waals surface area contributed by atoms with Crippen LogP contribution in [0.2, 0.25) is 5.02 Å². The van der Waals surface area contributed by atoms with Crippen molar-refractivity contribution >= 4 is 35.4 Å². The zero-order valence-electron chi connectivity index (χ0n) is 17.6. The normalized spacial score (nSPS) is 12.1. The number of carbonyl (C=O) groups is 2. The van der Waals surface area contributed by atoms with Gasteiger partial charge >= 0.3 is 5.97 Å². The Hall–Kier alpha value is -3.98. The molecule has 1 aliphatic heterocycles. The highest BCUT2D eigenvalue weighted by molar-refractivity contribution is 6.33. The van der Waals surface area contributed by atoms with Crippen LogP contribution >= 0.6 is 11.6 Å². The molecule has 0 spiro atoms. The smallest absolute Gasteiger partial charge is 0.339 e. The van der Waals surface area contributed by atoms with Gasteiger partial charge < -0.3 is 23.9 Å². The molecule has 2 aromatic carbocycles. The van der Waals surface area contributed by atoms with Gasteiger partial charge in [0.05, 0.1) is 30.0 Å². The fourth-order valence-corrected chi connectivity index (χ4v) is 3.21. The number of amides is 1. The summed E-state index contributed by atoms with van der Waals surface area (Å²) in [6, 6.07) is 13.7. The Balaban J connectivity index is 1.32. The SMILES string of the molecule is CCOC(=O)c1cc(-c2ccc(C=NNC(=O)CNc3ccc4c(c3)OCO4)o2)ccc1Cl. The van der Waals surface area contributed by atoms with Crippen molar-refractivity contribution in [1.29, 1.82) is 0 Å². The molecule has 0 bridgehead atoms. The van der Waals surface area contributed by atoms with Gasteiger partial charge in [0.2, 0.25) is 6.79 Å². The average molecular weight is 470 g/mol. The van der Waals surface area contributed by atoms with Crippen LogP contribution in [0.3, 0.4) is 0 Å². The molecule has 1 amide bonds. The van der Waals surface area contributed by atoms with Crippen molar-refractivity contribution in [2.45, 2.75) is 6.92 Å². The summed E-state index contributed by atoms with van der Waals surface area (Å²) in [6.07, 6.45) is 1.38. The predicted octanol–water partition coefficient (Wildman–Crippen LogP) is 4.07. The minimum absolute atomic E-state index is 0.0157. The van der Waals surface area contributed by atoms with Crippen LogP contribution in [-0.4, -0.2) is 38.0 Å². The minimum atomic E-state index is -0.505. The molecule has 0 fully saturated rings. The van der Waals surface area contributed by atoms with Crippen molar-refractivity contribution in [2.24, 2.45) is 5.10 Å². The van der Waals surface area contributed by atoms with Crippen molar-refractivity contribution < 1.29 is 28.2 Å². The van der Waals surface area contributed by atoms with E-state index in [1.54, 1.807) is 55.5 Å². The Kier molecular flexibility index (Phi) is 6.80. The highest BCUT2D eigenvalue weighted by atomic mass is 35.5. The van der Waals surface area contributed by atoms with Crippen molar-refractivity contribution in [3.63, 3.8) is 0 Å². The van der Waals surface area contributed by atoms with E-state index >= 15 is 0 Å². The van der Waals surface area contributed by atoms with Crippen LogP contribution in [0.1, 0.15) is 23.0 Å². The van der Waals surface area contributed by atoms with Crippen LogP contribution in [0.5, 0.6) is 11.5 Å². The summed E-state index contributed by atoms with van der Waals surface area (Å²) in [5, 5.41) is 7.18. The van der Waals surface area contributed by atoms with Gasteiger partial charge in [0, 0.05) is 17.3 Å². The van der Waals surface area contributed by atoms with Crippen LogP contribution < -0.4 is 20.2 Å². The Morgan fingerprint density at radius 3 is 2.82 bits per heavy atom. The van der Waals surface area contributed by atoms with Gasteiger partial charge in [-0.05, 0) is 49.4 Å². The van der Waals surface area contributed by atoms with Crippen LogP contribution in [0.15, 0.2) is 58.0 Å². The Bertz CT molecular complexity index is 1210. The number of hydrogen-bond donors (Lipinski definition) is 2. The summed E-state index contributed by atoms with van der Waals surface area (Å²) in [5.41, 5.74) is 4.05. The second-order valence-electron chi connectivity index (χ2n) is 6.83. The van der Waals surface area contributed by atoms with Crippen molar-refractivity contribution in [1.82, 2.24) is 5.43 Å². The summed E-state index contributed by atoms with van der Waals surface area (Å²) in [4.78, 5) is 24.1. The van der Waals surface area contributed by atoms with E-state index < -0.39 is 5.97 Å². The van der Waals surface area contributed by atoms with Gasteiger partial charge in [-0.2, -0.15) is 5.10 Å². The molecular weight excluding hydrogens is 450 g/mol. The highest BCUT2D eigenvalue weighted by Crippen LogP contribution is 2.34. The van der Waals surface area contributed by atoms with E-state index in [0.29, 0.717) is 33.6 Å². The molecular formula is C23H20ClN3O6. The van der Waals surface area contributed by atoms with Crippen molar-refractivity contribution in [3.8, 4) is 22.8 Å². The number of hydrogen-bond acceptors (Lipinski definition) is 8. The summed E-state index contributed by atoms with van der Waals surface area (Å²) in [7, 11) is 0. The predicted molar refractivity (Wildman–Crippen MR) is 122 cm³/mol. The maximum Gasteiger partial charge on any atom is 0.339 e. The van der Waals surface area contributed by atoms with Crippen LogP contribution in [0.25, 0.3) is 11.3 Å². The number of hydrazone groups is 1. The molecule has 0 saturated carbocycles. The molecule has 1 aliphatic rings. The summed E-state index contributed by atoms with van der Waals surface area (Å²) in [5.74, 6) is 1.38. The molecule has 0 atom stereocenters. The molecule has 10 heteroatoms. The molecule has 1 aromatic heterocycles. The molecule has 3 aromatic rings. The number of furan rings is 1. The average Bonchev–Trinajstić information content (AvgIpc) is 3.47. The summed E-state index contributed by atoms with van der Waals surface area (Å²) < 4.78 is 21.3. The standard InChI is InChI=1S/C23H20ClN3O6/c1-2-30-23(29)17-9-14(3-6-18(17)24)19-8-5-16(33-19)11-26-27-22(28)12-25-15-4-7-20-21(10-15)32-13-31-20/h3-11,25H,2,12-13H2,1H3,(H,27,28). The lowest BCUT2D eigenvalue weighted by Crippen LogP contribution is -2.25. The molecule has 0 saturated heterocycles. The lowest BCUT2D eigenvalue weighted by atomic mass is 10.1. The number of carbonyl (C=O) groups excluding carboxylic acids is 2. The van der Waals surface area contributed by atoms with Gasteiger partial charge in [0.1, 0.15) is 11.5 Å². The Morgan fingerprint density at radius 2 is 1.97 bits per heavy atom. The second-order valence-corrected chi connectivity index (χ2v) is 7.24. The largest absolute Gasteiger partial charge is 0.462 e. The quantitative estimate of drug-likeness (QED) is 0.290. The molecule has 2 N–H and O–H groups in total. The monoisotopic (exact) mass is 469 g/mol. The molecule has 9 nitrogen and oxygen atoms in total. The van der Waals surface area contributed by atoms with E-state index in [-0.39, 0.29) is 31.4 Å². The van der Waals surface area contributed by atoms with Gasteiger partial charge in [-0.1, -0.05) is 11.6 Å². The van der Waals surface area contributed by atoms with Gasteiger partial charge in [-0.15, -0.1) is 0 Å². The first kappa shape index (κ1) is 22.2. The number of esters is 1. The van der Waals surface area contributed by atoms with E-state index in [0.717, 1.165) is 5.69 Å². The number of benzene rings is 2. The summed E-state index contributed by atoms with van der Waals surface area (Å²) in [6.45, 7) is 2.17. The van der Waals surface area contributed by atoms with E-state index in [1.807, 2.05) is 0 Å². The zero-order valence-corrected chi connectivity index (χ0v) is 18.3. The van der Waals surface area contributed by atoms with Crippen LogP contribution in [0, 0.1) is 0 Å². The topological polar surface area (TPSA) is 111 Å². The zero-order chi connectivity index (χ0) is 23.2. The van der Waals surface area contributed by atoms with Crippen molar-refractivity contribution in [3.05, 3.63) is 64.9 Å². The van der Waals surface area contributed by atoms with Gasteiger partial charge in [-0.25, -0.2) is 10.2 Å². The Labute approximate surface area is 194 Å². The fourth-order valence-electron chi connectivity index (χ4n) is 3.02. The maximum atomic E-state index is 12.0. The minimum Gasteiger partial charge on any atom is -0.462 e. The molecule has 2 heterocycles. The number of anilines is 1. The van der Waals surface area contributed by atoms with E-state index in [2.05, 4.69) is 15.8 Å². The molecule has 4 rings (SSSR count).